The van der Waals surface area contributed by atoms with Gasteiger partial charge in [0, 0.05) is 18.3 Å². The molecular weight excluding hydrogens is 314 g/mol. The summed E-state index contributed by atoms with van der Waals surface area (Å²) in [6.45, 7) is 3.94. The Bertz CT molecular complexity index is 1010. The highest BCUT2D eigenvalue weighted by molar-refractivity contribution is 5.63. The predicted molar refractivity (Wildman–Crippen MR) is 111 cm³/mol. The molecule has 3 aromatic carbocycles. The predicted octanol–water partition coefficient (Wildman–Crippen LogP) is 6.38. The van der Waals surface area contributed by atoms with Gasteiger partial charge in [-0.05, 0) is 40.5 Å². The molecule has 26 heavy (non-hydrogen) atoms. The number of para-hydroxylation sites is 1. The van der Waals surface area contributed by atoms with Gasteiger partial charge in [0.15, 0.2) is 0 Å². The van der Waals surface area contributed by atoms with Crippen molar-refractivity contribution < 1.29 is 0 Å². The molecule has 1 heterocycles. The number of rotatable bonds is 5. The van der Waals surface area contributed by atoms with Crippen molar-refractivity contribution in [3.8, 4) is 16.8 Å². The van der Waals surface area contributed by atoms with Gasteiger partial charge in [0.2, 0.25) is 0 Å². The Morgan fingerprint density at radius 3 is 2.15 bits per heavy atom. The fraction of sp³-hybridized carbons (Fsp3) is 0.0400. The molecule has 4 aromatic rings. The largest absolute Gasteiger partial charge is 0.320 e. The number of hydrogen-bond donors (Lipinski definition) is 0. The highest BCUT2D eigenvalue weighted by Gasteiger charge is 2.07. The molecule has 0 aliphatic rings. The van der Waals surface area contributed by atoms with Crippen LogP contribution in [0.2, 0.25) is 0 Å². The smallest absolute Gasteiger partial charge is 0.0524 e. The van der Waals surface area contributed by atoms with E-state index in [4.69, 9.17) is 0 Å². The van der Waals surface area contributed by atoms with Crippen molar-refractivity contribution in [3.05, 3.63) is 121 Å². The summed E-state index contributed by atoms with van der Waals surface area (Å²) in [7, 11) is 0. The van der Waals surface area contributed by atoms with Gasteiger partial charge in [0.05, 0.1) is 5.69 Å². The third-order valence-corrected chi connectivity index (χ3v) is 4.70. The van der Waals surface area contributed by atoms with Gasteiger partial charge in [0.1, 0.15) is 0 Å². The summed E-state index contributed by atoms with van der Waals surface area (Å²) in [5, 5.41) is 0. The Balaban J connectivity index is 1.61. The van der Waals surface area contributed by atoms with Crippen LogP contribution in [0.15, 0.2) is 104 Å². The van der Waals surface area contributed by atoms with Crippen molar-refractivity contribution in [3.63, 3.8) is 0 Å². The zero-order valence-electron chi connectivity index (χ0n) is 14.7. The standard InChI is InChI=1S/C25H21N/c1-2-21-9-6-7-13-25(21)26-18-8-12-24(26)19-20-14-16-23(17-15-20)22-10-4-3-5-11-22/h2-18H,1,19H2. The highest BCUT2D eigenvalue weighted by Crippen LogP contribution is 2.23. The average molecular weight is 335 g/mol. The van der Waals surface area contributed by atoms with E-state index < -0.39 is 0 Å². The molecule has 0 N–H and O–H groups in total. The summed E-state index contributed by atoms with van der Waals surface area (Å²) in [5.74, 6) is 0. The van der Waals surface area contributed by atoms with Gasteiger partial charge in [-0.1, -0.05) is 85.5 Å². The lowest BCUT2D eigenvalue weighted by atomic mass is 10.0. The Labute approximate surface area is 154 Å². The van der Waals surface area contributed by atoms with E-state index in [9.17, 15) is 0 Å². The molecule has 0 bridgehead atoms. The minimum atomic E-state index is 0.896. The van der Waals surface area contributed by atoms with Gasteiger partial charge in [-0.25, -0.2) is 0 Å². The normalized spacial score (nSPS) is 10.6. The second-order valence-corrected chi connectivity index (χ2v) is 6.37. The molecule has 4 rings (SSSR count). The molecule has 0 spiro atoms. The maximum absolute atomic E-state index is 3.94. The van der Waals surface area contributed by atoms with E-state index in [0.717, 1.165) is 12.0 Å². The molecule has 1 aromatic heterocycles. The molecular formula is C25H21N. The van der Waals surface area contributed by atoms with E-state index in [2.05, 4.69) is 96.2 Å². The van der Waals surface area contributed by atoms with Gasteiger partial charge in [0.25, 0.3) is 0 Å². The second kappa shape index (κ2) is 7.28. The van der Waals surface area contributed by atoms with Crippen LogP contribution in [0.25, 0.3) is 22.9 Å². The zero-order valence-corrected chi connectivity index (χ0v) is 14.7. The molecule has 0 amide bonds. The SMILES string of the molecule is C=Cc1ccccc1-n1cccc1Cc1ccc(-c2ccccc2)cc1. The van der Waals surface area contributed by atoms with Crippen molar-refractivity contribution in [1.29, 1.82) is 0 Å². The van der Waals surface area contributed by atoms with E-state index in [-0.39, 0.29) is 0 Å². The van der Waals surface area contributed by atoms with Crippen LogP contribution in [0.5, 0.6) is 0 Å². The van der Waals surface area contributed by atoms with Gasteiger partial charge < -0.3 is 4.57 Å². The van der Waals surface area contributed by atoms with E-state index in [1.165, 1.54) is 28.1 Å². The first-order valence-corrected chi connectivity index (χ1v) is 8.87. The summed E-state index contributed by atoms with van der Waals surface area (Å²) in [5.41, 5.74) is 7.39. The highest BCUT2D eigenvalue weighted by atomic mass is 15.0. The van der Waals surface area contributed by atoms with Gasteiger partial charge in [-0.2, -0.15) is 0 Å². The van der Waals surface area contributed by atoms with Crippen LogP contribution in [-0.2, 0) is 6.42 Å². The van der Waals surface area contributed by atoms with E-state index in [1.807, 2.05) is 18.2 Å². The summed E-state index contributed by atoms with van der Waals surface area (Å²) in [4.78, 5) is 0. The molecule has 1 heteroatoms. The Morgan fingerprint density at radius 2 is 1.38 bits per heavy atom. The maximum Gasteiger partial charge on any atom is 0.0524 e. The first-order chi connectivity index (χ1) is 12.8. The van der Waals surface area contributed by atoms with Crippen LogP contribution < -0.4 is 0 Å². The van der Waals surface area contributed by atoms with Crippen LogP contribution in [0, 0.1) is 0 Å². The second-order valence-electron chi connectivity index (χ2n) is 6.37. The molecule has 126 valence electrons. The fourth-order valence-corrected chi connectivity index (χ4v) is 3.33. The van der Waals surface area contributed by atoms with Crippen LogP contribution in [0.4, 0.5) is 0 Å². The lowest BCUT2D eigenvalue weighted by Gasteiger charge is -2.12. The molecule has 0 saturated carbocycles. The number of benzene rings is 3. The van der Waals surface area contributed by atoms with Gasteiger partial charge in [-0.15, -0.1) is 0 Å². The van der Waals surface area contributed by atoms with Crippen LogP contribution >= 0.6 is 0 Å². The minimum absolute atomic E-state index is 0.896. The molecule has 0 atom stereocenters. The quantitative estimate of drug-likeness (QED) is 0.399. The van der Waals surface area contributed by atoms with E-state index >= 15 is 0 Å². The fourth-order valence-electron chi connectivity index (χ4n) is 3.33. The third-order valence-electron chi connectivity index (χ3n) is 4.70. The van der Waals surface area contributed by atoms with E-state index in [1.54, 1.807) is 0 Å². The Kier molecular flexibility index (Phi) is 4.53. The van der Waals surface area contributed by atoms with Crippen LogP contribution in [0.1, 0.15) is 16.8 Å². The summed E-state index contributed by atoms with van der Waals surface area (Å²) >= 11 is 0. The van der Waals surface area contributed by atoms with Gasteiger partial charge in [-0.3, -0.25) is 0 Å². The molecule has 0 aliphatic carbocycles. The van der Waals surface area contributed by atoms with Crippen molar-refractivity contribution in [2.45, 2.75) is 6.42 Å². The van der Waals surface area contributed by atoms with Crippen molar-refractivity contribution in [1.82, 2.24) is 4.57 Å². The van der Waals surface area contributed by atoms with Crippen molar-refractivity contribution >= 4 is 6.08 Å². The van der Waals surface area contributed by atoms with Crippen LogP contribution in [0.3, 0.4) is 0 Å². The van der Waals surface area contributed by atoms with Crippen molar-refractivity contribution in [2.24, 2.45) is 0 Å². The summed E-state index contributed by atoms with van der Waals surface area (Å²) in [6, 6.07) is 32.0. The summed E-state index contributed by atoms with van der Waals surface area (Å²) < 4.78 is 2.25. The molecule has 0 unspecified atom stereocenters. The van der Waals surface area contributed by atoms with Crippen molar-refractivity contribution in [2.75, 3.05) is 0 Å². The number of hydrogen-bond acceptors (Lipinski definition) is 0. The number of nitrogens with zero attached hydrogens (tertiary/aromatic N) is 1. The number of aromatic nitrogens is 1. The summed E-state index contributed by atoms with van der Waals surface area (Å²) in [6.07, 6.45) is 4.93. The average Bonchev–Trinajstić information content (AvgIpc) is 3.17. The third kappa shape index (κ3) is 3.25. The molecule has 0 saturated heterocycles. The Morgan fingerprint density at radius 1 is 0.692 bits per heavy atom. The maximum atomic E-state index is 3.94. The van der Waals surface area contributed by atoms with E-state index in [0.29, 0.717) is 0 Å². The molecule has 0 radical (unpaired) electrons. The van der Waals surface area contributed by atoms with Gasteiger partial charge >= 0.3 is 0 Å². The molecule has 0 aliphatic heterocycles. The monoisotopic (exact) mass is 335 g/mol. The topological polar surface area (TPSA) is 4.93 Å². The first-order valence-electron chi connectivity index (χ1n) is 8.87. The minimum Gasteiger partial charge on any atom is -0.320 e. The Hall–Kier alpha value is -3.32. The lowest BCUT2D eigenvalue weighted by Crippen LogP contribution is -2.01. The molecule has 1 nitrogen and oxygen atoms in total. The van der Waals surface area contributed by atoms with Crippen LogP contribution in [-0.4, -0.2) is 4.57 Å². The molecule has 0 fully saturated rings. The zero-order chi connectivity index (χ0) is 17.8. The lowest BCUT2D eigenvalue weighted by molar-refractivity contribution is 0.957. The first kappa shape index (κ1) is 16.2.